The van der Waals surface area contributed by atoms with Crippen molar-refractivity contribution in [1.29, 1.82) is 0 Å². The molecule has 0 saturated heterocycles. The van der Waals surface area contributed by atoms with Crippen molar-refractivity contribution >= 4 is 23.0 Å². The van der Waals surface area contributed by atoms with Gasteiger partial charge in [0.05, 0.1) is 6.04 Å². The van der Waals surface area contributed by atoms with Gasteiger partial charge in [0, 0.05) is 5.69 Å². The van der Waals surface area contributed by atoms with Crippen molar-refractivity contribution in [3.63, 3.8) is 0 Å². The van der Waals surface area contributed by atoms with Crippen molar-refractivity contribution in [2.45, 2.75) is 13.0 Å². The van der Waals surface area contributed by atoms with E-state index in [1.54, 1.807) is 0 Å². The molecule has 0 heterocycles. The molecule has 0 radical (unpaired) electrons. The Morgan fingerprint density at radius 3 is 2.00 bits per heavy atom. The topological polar surface area (TPSA) is 33.3 Å². The fraction of sp³-hybridized carbons (Fsp3) is 0.0952. The summed E-state index contributed by atoms with van der Waals surface area (Å²) in [4.78, 5) is 0. The number of anilines is 1. The SMILES string of the molecule is C[C@@H](NC(=S)Nc1ccc(Oc2ccccc2)cc1)c1ccccc1. The standard InChI is InChI=1S/C21H20N2OS/c1-16(17-8-4-2-5-9-17)22-21(25)23-18-12-14-20(15-13-18)24-19-10-6-3-7-11-19/h2-16H,1H3,(H2,22,23,25)/t16-/m1/s1. The highest BCUT2D eigenvalue weighted by molar-refractivity contribution is 7.80. The van der Waals surface area contributed by atoms with Gasteiger partial charge in [0.2, 0.25) is 0 Å². The predicted molar refractivity (Wildman–Crippen MR) is 107 cm³/mol. The molecule has 126 valence electrons. The molecule has 0 aliphatic carbocycles. The first-order valence-corrected chi connectivity index (χ1v) is 8.57. The van der Waals surface area contributed by atoms with Crippen LogP contribution in [-0.4, -0.2) is 5.11 Å². The first-order valence-electron chi connectivity index (χ1n) is 8.16. The molecule has 0 aliphatic heterocycles. The van der Waals surface area contributed by atoms with E-state index >= 15 is 0 Å². The van der Waals surface area contributed by atoms with Crippen molar-refractivity contribution in [2.24, 2.45) is 0 Å². The lowest BCUT2D eigenvalue weighted by Crippen LogP contribution is -2.30. The van der Waals surface area contributed by atoms with Gasteiger partial charge in [-0.1, -0.05) is 48.5 Å². The maximum Gasteiger partial charge on any atom is 0.171 e. The highest BCUT2D eigenvalue weighted by Crippen LogP contribution is 2.22. The van der Waals surface area contributed by atoms with E-state index in [4.69, 9.17) is 17.0 Å². The van der Waals surface area contributed by atoms with Gasteiger partial charge in [-0.25, -0.2) is 0 Å². The van der Waals surface area contributed by atoms with Crippen LogP contribution in [0.2, 0.25) is 0 Å². The number of hydrogen-bond acceptors (Lipinski definition) is 2. The van der Waals surface area contributed by atoms with Crippen molar-refractivity contribution in [3.05, 3.63) is 90.5 Å². The Morgan fingerprint density at radius 1 is 0.800 bits per heavy atom. The van der Waals surface area contributed by atoms with E-state index < -0.39 is 0 Å². The first kappa shape index (κ1) is 17.0. The molecule has 25 heavy (non-hydrogen) atoms. The molecule has 0 bridgehead atoms. The quantitative estimate of drug-likeness (QED) is 0.594. The third kappa shape index (κ3) is 5.06. The Bertz CT molecular complexity index is 804. The Kier molecular flexibility index (Phi) is 5.65. The van der Waals surface area contributed by atoms with Crippen molar-refractivity contribution in [3.8, 4) is 11.5 Å². The molecule has 3 aromatic rings. The zero-order chi connectivity index (χ0) is 17.5. The van der Waals surface area contributed by atoms with Gasteiger partial charge in [-0.15, -0.1) is 0 Å². The third-order valence-electron chi connectivity index (χ3n) is 3.74. The van der Waals surface area contributed by atoms with Gasteiger partial charge < -0.3 is 15.4 Å². The first-order chi connectivity index (χ1) is 12.2. The summed E-state index contributed by atoms with van der Waals surface area (Å²) in [5.41, 5.74) is 2.11. The molecule has 0 unspecified atom stereocenters. The van der Waals surface area contributed by atoms with Crippen LogP contribution in [0.15, 0.2) is 84.9 Å². The number of ether oxygens (including phenoxy) is 1. The van der Waals surface area contributed by atoms with Crippen LogP contribution in [0.4, 0.5) is 5.69 Å². The summed E-state index contributed by atoms with van der Waals surface area (Å²) in [6.07, 6.45) is 0. The van der Waals surface area contributed by atoms with E-state index in [0.717, 1.165) is 17.2 Å². The zero-order valence-corrected chi connectivity index (χ0v) is 14.8. The summed E-state index contributed by atoms with van der Waals surface area (Å²) in [7, 11) is 0. The summed E-state index contributed by atoms with van der Waals surface area (Å²) in [5.74, 6) is 1.60. The largest absolute Gasteiger partial charge is 0.457 e. The normalized spacial score (nSPS) is 11.4. The highest BCUT2D eigenvalue weighted by atomic mass is 32.1. The summed E-state index contributed by atoms with van der Waals surface area (Å²) < 4.78 is 5.78. The van der Waals surface area contributed by atoms with Crippen LogP contribution >= 0.6 is 12.2 Å². The molecule has 0 fully saturated rings. The summed E-state index contributed by atoms with van der Waals surface area (Å²) in [5, 5.41) is 7.08. The third-order valence-corrected chi connectivity index (χ3v) is 3.96. The van der Waals surface area contributed by atoms with Gasteiger partial charge in [-0.3, -0.25) is 0 Å². The van der Waals surface area contributed by atoms with Gasteiger partial charge >= 0.3 is 0 Å². The maximum atomic E-state index is 5.78. The van der Waals surface area contributed by atoms with E-state index in [1.165, 1.54) is 5.56 Å². The van der Waals surface area contributed by atoms with Gasteiger partial charge in [-0.05, 0) is 61.1 Å². The summed E-state index contributed by atoms with van der Waals surface area (Å²) in [6, 6.07) is 27.8. The number of thiocarbonyl (C=S) groups is 1. The maximum absolute atomic E-state index is 5.78. The Labute approximate surface area is 153 Å². The van der Waals surface area contributed by atoms with E-state index in [2.05, 4.69) is 29.7 Å². The average Bonchev–Trinajstić information content (AvgIpc) is 2.65. The number of nitrogens with one attached hydrogen (secondary N) is 2. The van der Waals surface area contributed by atoms with E-state index in [-0.39, 0.29) is 6.04 Å². The minimum Gasteiger partial charge on any atom is -0.457 e. The van der Waals surface area contributed by atoms with Crippen LogP contribution in [-0.2, 0) is 0 Å². The molecular weight excluding hydrogens is 328 g/mol. The predicted octanol–water partition coefficient (Wildman–Crippen LogP) is 5.53. The van der Waals surface area contributed by atoms with E-state index in [1.807, 2.05) is 72.8 Å². The molecule has 3 rings (SSSR count). The van der Waals surface area contributed by atoms with E-state index in [9.17, 15) is 0 Å². The lowest BCUT2D eigenvalue weighted by Gasteiger charge is -2.17. The lowest BCUT2D eigenvalue weighted by atomic mass is 10.1. The monoisotopic (exact) mass is 348 g/mol. The zero-order valence-electron chi connectivity index (χ0n) is 14.0. The molecule has 0 spiro atoms. The van der Waals surface area contributed by atoms with Crippen molar-refractivity contribution in [1.82, 2.24) is 5.32 Å². The average molecular weight is 348 g/mol. The Hall–Kier alpha value is -2.85. The molecule has 4 heteroatoms. The van der Waals surface area contributed by atoms with Crippen LogP contribution in [0, 0.1) is 0 Å². The van der Waals surface area contributed by atoms with Crippen LogP contribution in [0.3, 0.4) is 0 Å². The second-order valence-corrected chi connectivity index (χ2v) is 6.08. The summed E-state index contributed by atoms with van der Waals surface area (Å²) >= 11 is 5.40. The minimum atomic E-state index is 0.141. The molecule has 0 saturated carbocycles. The number of hydrogen-bond donors (Lipinski definition) is 2. The van der Waals surface area contributed by atoms with Crippen LogP contribution in [0.1, 0.15) is 18.5 Å². The van der Waals surface area contributed by atoms with Gasteiger partial charge in [0.25, 0.3) is 0 Å². The van der Waals surface area contributed by atoms with Gasteiger partial charge in [0.1, 0.15) is 11.5 Å². The van der Waals surface area contributed by atoms with Crippen LogP contribution in [0.25, 0.3) is 0 Å². The second-order valence-electron chi connectivity index (χ2n) is 5.67. The van der Waals surface area contributed by atoms with Crippen LogP contribution in [0.5, 0.6) is 11.5 Å². The summed E-state index contributed by atoms with van der Waals surface area (Å²) in [6.45, 7) is 2.08. The second kappa shape index (κ2) is 8.31. The minimum absolute atomic E-state index is 0.141. The Balaban J connectivity index is 1.55. The fourth-order valence-corrected chi connectivity index (χ4v) is 2.71. The van der Waals surface area contributed by atoms with Crippen molar-refractivity contribution in [2.75, 3.05) is 5.32 Å². The molecule has 1 atom stereocenters. The molecule has 0 aromatic heterocycles. The van der Waals surface area contributed by atoms with Crippen molar-refractivity contribution < 1.29 is 4.74 Å². The number of benzene rings is 3. The molecule has 3 nitrogen and oxygen atoms in total. The van der Waals surface area contributed by atoms with E-state index in [0.29, 0.717) is 5.11 Å². The molecule has 0 aliphatic rings. The van der Waals surface area contributed by atoms with Crippen LogP contribution < -0.4 is 15.4 Å². The van der Waals surface area contributed by atoms with Gasteiger partial charge in [0.15, 0.2) is 5.11 Å². The lowest BCUT2D eigenvalue weighted by molar-refractivity contribution is 0.483. The number of rotatable bonds is 5. The molecular formula is C21H20N2OS. The molecule has 2 N–H and O–H groups in total. The molecule has 3 aromatic carbocycles. The molecule has 0 amide bonds. The Morgan fingerprint density at radius 2 is 1.36 bits per heavy atom. The smallest absolute Gasteiger partial charge is 0.171 e. The van der Waals surface area contributed by atoms with Gasteiger partial charge in [-0.2, -0.15) is 0 Å². The fourth-order valence-electron chi connectivity index (χ4n) is 2.42. The highest BCUT2D eigenvalue weighted by Gasteiger charge is 2.06. The number of para-hydroxylation sites is 1.